The SMILES string of the molecule is CN(CCCNCC1CNc2ccnn2C1)S(C)(=O)=O. The van der Waals surface area contributed by atoms with Gasteiger partial charge in [0.05, 0.1) is 12.5 Å². The van der Waals surface area contributed by atoms with Crippen molar-refractivity contribution in [3.63, 3.8) is 0 Å². The normalized spacial score (nSPS) is 18.9. The molecule has 2 rings (SSSR count). The lowest BCUT2D eigenvalue weighted by molar-refractivity contribution is 0.385. The van der Waals surface area contributed by atoms with Crippen molar-refractivity contribution < 1.29 is 8.42 Å². The Bertz CT molecular complexity index is 528. The summed E-state index contributed by atoms with van der Waals surface area (Å²) in [4.78, 5) is 0. The summed E-state index contributed by atoms with van der Waals surface area (Å²) in [6.07, 6.45) is 3.85. The monoisotopic (exact) mass is 301 g/mol. The van der Waals surface area contributed by atoms with Crippen molar-refractivity contribution in [3.8, 4) is 0 Å². The molecule has 0 saturated carbocycles. The minimum Gasteiger partial charge on any atom is -0.370 e. The Hall–Kier alpha value is -1.12. The first-order valence-corrected chi connectivity index (χ1v) is 8.69. The number of hydrogen-bond donors (Lipinski definition) is 2. The maximum atomic E-state index is 11.2. The zero-order valence-electron chi connectivity index (χ0n) is 12.0. The molecule has 2 N–H and O–H groups in total. The third kappa shape index (κ3) is 4.19. The van der Waals surface area contributed by atoms with Gasteiger partial charge in [-0.2, -0.15) is 5.10 Å². The van der Waals surface area contributed by atoms with Gasteiger partial charge < -0.3 is 10.6 Å². The molecule has 1 unspecified atom stereocenters. The molecule has 0 radical (unpaired) electrons. The molecular weight excluding hydrogens is 278 g/mol. The van der Waals surface area contributed by atoms with Crippen LogP contribution >= 0.6 is 0 Å². The highest BCUT2D eigenvalue weighted by molar-refractivity contribution is 7.88. The van der Waals surface area contributed by atoms with Crippen molar-refractivity contribution in [2.24, 2.45) is 5.92 Å². The van der Waals surface area contributed by atoms with Gasteiger partial charge in [-0.1, -0.05) is 0 Å². The quantitative estimate of drug-likeness (QED) is 0.682. The lowest BCUT2D eigenvalue weighted by atomic mass is 10.1. The second-order valence-corrected chi connectivity index (χ2v) is 7.38. The van der Waals surface area contributed by atoms with Gasteiger partial charge in [-0.25, -0.2) is 17.4 Å². The maximum Gasteiger partial charge on any atom is 0.210 e. The van der Waals surface area contributed by atoms with Crippen LogP contribution in [-0.4, -0.2) is 62.0 Å². The Morgan fingerprint density at radius 2 is 2.40 bits per heavy atom. The summed E-state index contributed by atoms with van der Waals surface area (Å²) in [5, 5.41) is 11.0. The number of aromatic nitrogens is 2. The van der Waals surface area contributed by atoms with E-state index in [1.807, 2.05) is 10.7 Å². The molecule has 2 heterocycles. The van der Waals surface area contributed by atoms with Gasteiger partial charge in [0.1, 0.15) is 5.82 Å². The third-order valence-electron chi connectivity index (χ3n) is 3.55. The van der Waals surface area contributed by atoms with E-state index in [1.54, 1.807) is 13.2 Å². The highest BCUT2D eigenvalue weighted by Gasteiger charge is 2.17. The van der Waals surface area contributed by atoms with Crippen LogP contribution in [0.15, 0.2) is 12.3 Å². The minimum absolute atomic E-state index is 0.509. The van der Waals surface area contributed by atoms with Gasteiger partial charge in [-0.15, -0.1) is 0 Å². The lowest BCUT2D eigenvalue weighted by Gasteiger charge is -2.25. The van der Waals surface area contributed by atoms with Gasteiger partial charge in [0.25, 0.3) is 0 Å². The van der Waals surface area contributed by atoms with Crippen molar-refractivity contribution in [1.29, 1.82) is 0 Å². The smallest absolute Gasteiger partial charge is 0.210 e. The van der Waals surface area contributed by atoms with Crippen LogP contribution in [0.25, 0.3) is 0 Å². The molecule has 0 fully saturated rings. The average molecular weight is 301 g/mol. The highest BCUT2D eigenvalue weighted by Crippen LogP contribution is 2.15. The number of rotatable bonds is 7. The van der Waals surface area contributed by atoms with Gasteiger partial charge in [0, 0.05) is 45.2 Å². The van der Waals surface area contributed by atoms with Crippen LogP contribution in [0.1, 0.15) is 6.42 Å². The molecule has 0 spiro atoms. The zero-order chi connectivity index (χ0) is 14.6. The summed E-state index contributed by atoms with van der Waals surface area (Å²) in [7, 11) is -1.44. The van der Waals surface area contributed by atoms with E-state index in [9.17, 15) is 8.42 Å². The van der Waals surface area contributed by atoms with Crippen LogP contribution in [0, 0.1) is 5.92 Å². The van der Waals surface area contributed by atoms with Crippen molar-refractivity contribution >= 4 is 15.8 Å². The first kappa shape index (κ1) is 15.3. The molecule has 1 aromatic rings. The molecule has 0 amide bonds. The summed E-state index contributed by atoms with van der Waals surface area (Å²) in [6, 6.07) is 1.98. The average Bonchev–Trinajstić information content (AvgIpc) is 2.84. The standard InChI is InChI=1S/C12H23N5O2S/c1-16(20(2,18)19)7-3-5-13-8-11-9-14-12-4-6-15-17(12)10-11/h4,6,11,13-14H,3,5,7-10H2,1-2H3. The summed E-state index contributed by atoms with van der Waals surface area (Å²) in [6.45, 7) is 4.16. The van der Waals surface area contributed by atoms with Crippen LogP contribution in [0.2, 0.25) is 0 Å². The van der Waals surface area contributed by atoms with Gasteiger partial charge in [0.15, 0.2) is 0 Å². The Balaban J connectivity index is 1.61. The van der Waals surface area contributed by atoms with Gasteiger partial charge >= 0.3 is 0 Å². The fourth-order valence-corrected chi connectivity index (χ4v) is 2.68. The van der Waals surface area contributed by atoms with E-state index in [-0.39, 0.29) is 0 Å². The summed E-state index contributed by atoms with van der Waals surface area (Å²) in [5.74, 6) is 1.59. The van der Waals surface area contributed by atoms with Crippen LogP contribution in [0.3, 0.4) is 0 Å². The Morgan fingerprint density at radius 1 is 1.60 bits per heavy atom. The molecule has 114 valence electrons. The lowest BCUT2D eigenvalue weighted by Crippen LogP contribution is -2.36. The Labute approximate surface area is 120 Å². The number of fused-ring (bicyclic) bond motifs is 1. The summed E-state index contributed by atoms with van der Waals surface area (Å²) < 4.78 is 25.8. The molecule has 0 aliphatic carbocycles. The predicted molar refractivity (Wildman–Crippen MR) is 79.2 cm³/mol. The minimum atomic E-state index is -3.05. The second kappa shape index (κ2) is 6.55. The van der Waals surface area contributed by atoms with E-state index < -0.39 is 10.0 Å². The molecule has 8 heteroatoms. The van der Waals surface area contributed by atoms with Gasteiger partial charge in [-0.3, -0.25) is 0 Å². The van der Waals surface area contributed by atoms with Crippen LogP contribution in [-0.2, 0) is 16.6 Å². The summed E-state index contributed by atoms with van der Waals surface area (Å²) >= 11 is 0. The van der Waals surface area contributed by atoms with Crippen LogP contribution in [0.5, 0.6) is 0 Å². The van der Waals surface area contributed by atoms with Gasteiger partial charge in [-0.05, 0) is 13.0 Å². The first-order valence-electron chi connectivity index (χ1n) is 6.84. The molecule has 1 aromatic heterocycles. The Kier molecular flexibility index (Phi) is 5.00. The topological polar surface area (TPSA) is 79.3 Å². The van der Waals surface area contributed by atoms with E-state index in [1.165, 1.54) is 10.6 Å². The van der Waals surface area contributed by atoms with Crippen LogP contribution < -0.4 is 10.6 Å². The number of nitrogens with zero attached hydrogens (tertiary/aromatic N) is 3. The fourth-order valence-electron chi connectivity index (χ4n) is 2.22. The van der Waals surface area contributed by atoms with Crippen molar-refractivity contribution in [1.82, 2.24) is 19.4 Å². The third-order valence-corrected chi connectivity index (χ3v) is 4.86. The predicted octanol–water partition coefficient (Wildman–Crippen LogP) is -0.204. The fraction of sp³-hybridized carbons (Fsp3) is 0.750. The van der Waals surface area contributed by atoms with E-state index in [0.29, 0.717) is 12.5 Å². The molecule has 7 nitrogen and oxygen atoms in total. The molecule has 1 aliphatic heterocycles. The highest BCUT2D eigenvalue weighted by atomic mass is 32.2. The molecule has 0 aromatic carbocycles. The molecule has 0 saturated heterocycles. The van der Waals surface area contributed by atoms with Crippen molar-refractivity contribution in [3.05, 3.63) is 12.3 Å². The number of anilines is 1. The maximum absolute atomic E-state index is 11.2. The van der Waals surface area contributed by atoms with Crippen molar-refractivity contribution in [2.75, 3.05) is 44.8 Å². The van der Waals surface area contributed by atoms with E-state index in [2.05, 4.69) is 15.7 Å². The van der Waals surface area contributed by atoms with Crippen LogP contribution in [0.4, 0.5) is 5.82 Å². The zero-order valence-corrected chi connectivity index (χ0v) is 12.9. The molecule has 1 aliphatic rings. The molecule has 1 atom stereocenters. The molecular formula is C12H23N5O2S. The number of nitrogens with one attached hydrogen (secondary N) is 2. The Morgan fingerprint density at radius 3 is 3.15 bits per heavy atom. The number of sulfonamides is 1. The van der Waals surface area contributed by atoms with E-state index in [4.69, 9.17) is 0 Å². The first-order chi connectivity index (χ1) is 9.47. The number of hydrogen-bond acceptors (Lipinski definition) is 5. The second-order valence-electron chi connectivity index (χ2n) is 5.29. The van der Waals surface area contributed by atoms with Crippen molar-refractivity contribution in [2.45, 2.75) is 13.0 Å². The molecule has 20 heavy (non-hydrogen) atoms. The summed E-state index contributed by atoms with van der Waals surface area (Å²) in [5.41, 5.74) is 0. The van der Waals surface area contributed by atoms with Gasteiger partial charge in [0.2, 0.25) is 10.0 Å². The largest absolute Gasteiger partial charge is 0.370 e. The van der Waals surface area contributed by atoms with E-state index in [0.717, 1.165) is 38.4 Å². The van der Waals surface area contributed by atoms with E-state index >= 15 is 0 Å². The molecule has 0 bridgehead atoms.